The van der Waals surface area contributed by atoms with Gasteiger partial charge in [0.1, 0.15) is 36.4 Å². The van der Waals surface area contributed by atoms with Crippen molar-refractivity contribution in [2.24, 2.45) is 11.7 Å². The molecule has 4 aromatic rings. The van der Waals surface area contributed by atoms with Gasteiger partial charge < -0.3 is 11.1 Å². The summed E-state index contributed by atoms with van der Waals surface area (Å²) >= 11 is 0. The van der Waals surface area contributed by atoms with Gasteiger partial charge in [0.05, 0.1) is 29.7 Å². The van der Waals surface area contributed by atoms with Gasteiger partial charge in [-0.1, -0.05) is 12.1 Å². The van der Waals surface area contributed by atoms with Crippen LogP contribution in [0.15, 0.2) is 54.7 Å². The standard InChI is InChI=1S/C31H26F7N5O2/c32-12-17-10-21(17)27-25(13-33)43(42-29(27)30(37)38)14-26(44)41-24(8-15-6-18(34)11-19(35)7-15)28-20(2-1-5-40-28)16-3-4-23(36)22(9-16)31(39)45/h1-7,9,11,17,21,24,30H,8,10,12-14H2,(H2,39,45)(H,41,44)/t17?,21?,24-/m0/s1. The quantitative estimate of drug-likeness (QED) is 0.186. The van der Waals surface area contributed by atoms with Gasteiger partial charge in [0.15, 0.2) is 0 Å². The van der Waals surface area contributed by atoms with Crippen molar-refractivity contribution < 1.29 is 40.3 Å². The van der Waals surface area contributed by atoms with Gasteiger partial charge in [0, 0.05) is 23.4 Å². The van der Waals surface area contributed by atoms with E-state index in [0.717, 1.165) is 22.9 Å². The van der Waals surface area contributed by atoms with E-state index in [0.29, 0.717) is 11.6 Å². The van der Waals surface area contributed by atoms with Crippen LogP contribution in [0.1, 0.15) is 63.4 Å². The summed E-state index contributed by atoms with van der Waals surface area (Å²) < 4.78 is 98.3. The summed E-state index contributed by atoms with van der Waals surface area (Å²) in [5.41, 5.74) is 4.62. The molecule has 3 N–H and O–H groups in total. The topological polar surface area (TPSA) is 103 Å². The zero-order valence-electron chi connectivity index (χ0n) is 23.4. The Hall–Kier alpha value is -4.75. The van der Waals surface area contributed by atoms with Gasteiger partial charge in [-0.3, -0.25) is 23.6 Å². The van der Waals surface area contributed by atoms with E-state index in [-0.39, 0.29) is 40.9 Å². The van der Waals surface area contributed by atoms with Gasteiger partial charge >= 0.3 is 0 Å². The molecule has 5 rings (SSSR count). The van der Waals surface area contributed by atoms with Crippen LogP contribution in [0.4, 0.5) is 30.7 Å². The second kappa shape index (κ2) is 13.1. The molecule has 1 aliphatic carbocycles. The monoisotopic (exact) mass is 633 g/mol. The Morgan fingerprint density at radius 2 is 1.76 bits per heavy atom. The highest BCUT2D eigenvalue weighted by Crippen LogP contribution is 2.51. The maximum atomic E-state index is 14.2. The normalized spacial score (nSPS) is 16.5. The lowest BCUT2D eigenvalue weighted by atomic mass is 9.94. The number of carbonyl (C=O) groups is 2. The predicted octanol–water partition coefficient (Wildman–Crippen LogP) is 6.04. The molecule has 1 aliphatic rings. The van der Waals surface area contributed by atoms with Crippen LogP contribution < -0.4 is 11.1 Å². The Morgan fingerprint density at radius 1 is 1.02 bits per heavy atom. The van der Waals surface area contributed by atoms with Gasteiger partial charge in [0.25, 0.3) is 12.3 Å². The lowest BCUT2D eigenvalue weighted by Gasteiger charge is -2.22. The number of aromatic nitrogens is 3. The number of alkyl halides is 4. The number of rotatable bonds is 12. The predicted molar refractivity (Wildman–Crippen MR) is 148 cm³/mol. The first-order chi connectivity index (χ1) is 21.5. The molecule has 2 unspecified atom stereocenters. The summed E-state index contributed by atoms with van der Waals surface area (Å²) in [5, 5.41) is 6.45. The number of hydrogen-bond acceptors (Lipinski definition) is 4. The van der Waals surface area contributed by atoms with Gasteiger partial charge in [-0.15, -0.1) is 0 Å². The number of nitrogens with two attached hydrogens (primary N) is 1. The summed E-state index contributed by atoms with van der Waals surface area (Å²) in [7, 11) is 0. The number of halogens is 7. The molecule has 3 atom stereocenters. The van der Waals surface area contributed by atoms with Crippen LogP contribution in [0, 0.1) is 23.4 Å². The first-order valence-corrected chi connectivity index (χ1v) is 13.8. The highest BCUT2D eigenvalue weighted by atomic mass is 19.3. The SMILES string of the molecule is NC(=O)c1cc(-c2cccnc2[C@H](Cc2cc(F)cc(F)c2)NC(=O)Cn2nc(C(F)F)c(C3CC3CF)c2CF)ccc1F. The van der Waals surface area contributed by atoms with Gasteiger partial charge in [-0.05, 0) is 66.1 Å². The molecular weight excluding hydrogens is 607 g/mol. The Balaban J connectivity index is 1.52. The number of pyridine rings is 1. The van der Waals surface area contributed by atoms with E-state index in [1.807, 2.05) is 0 Å². The van der Waals surface area contributed by atoms with Crippen molar-refractivity contribution in [1.82, 2.24) is 20.1 Å². The smallest absolute Gasteiger partial charge is 0.282 e. The van der Waals surface area contributed by atoms with E-state index < -0.39 is 84.7 Å². The lowest BCUT2D eigenvalue weighted by molar-refractivity contribution is -0.122. The van der Waals surface area contributed by atoms with Gasteiger partial charge in [-0.25, -0.2) is 26.3 Å². The molecule has 1 saturated carbocycles. The van der Waals surface area contributed by atoms with E-state index in [1.165, 1.54) is 24.4 Å². The second-order valence-electron chi connectivity index (χ2n) is 10.7. The lowest BCUT2D eigenvalue weighted by Crippen LogP contribution is -2.34. The van der Waals surface area contributed by atoms with Crippen molar-refractivity contribution in [2.75, 3.05) is 6.67 Å². The van der Waals surface area contributed by atoms with Crippen LogP contribution in [0.25, 0.3) is 11.1 Å². The number of hydrogen-bond donors (Lipinski definition) is 2. The van der Waals surface area contributed by atoms with Gasteiger partial charge in [0.2, 0.25) is 5.91 Å². The van der Waals surface area contributed by atoms with Gasteiger partial charge in [-0.2, -0.15) is 5.10 Å². The summed E-state index contributed by atoms with van der Waals surface area (Å²) in [6.45, 7) is -2.72. The van der Waals surface area contributed by atoms with E-state index in [2.05, 4.69) is 15.4 Å². The maximum absolute atomic E-state index is 14.2. The minimum atomic E-state index is -3.09. The van der Waals surface area contributed by atoms with Crippen LogP contribution in [-0.2, 0) is 24.4 Å². The van der Waals surface area contributed by atoms with E-state index in [1.54, 1.807) is 6.07 Å². The van der Waals surface area contributed by atoms with Crippen LogP contribution in [0.3, 0.4) is 0 Å². The Bertz CT molecular complexity index is 1730. The molecule has 0 bridgehead atoms. The summed E-state index contributed by atoms with van der Waals surface area (Å²) in [6.07, 6.45) is -1.70. The third-order valence-electron chi connectivity index (χ3n) is 7.65. The summed E-state index contributed by atoms with van der Waals surface area (Å²) in [5.74, 6) is -5.70. The highest BCUT2D eigenvalue weighted by Gasteiger charge is 2.44. The van der Waals surface area contributed by atoms with Crippen LogP contribution in [-0.4, -0.2) is 33.3 Å². The number of nitrogens with one attached hydrogen (secondary N) is 1. The Morgan fingerprint density at radius 3 is 2.38 bits per heavy atom. The number of carbonyl (C=O) groups excluding carboxylic acids is 2. The minimum Gasteiger partial charge on any atom is -0.366 e. The molecule has 2 amide bonds. The van der Waals surface area contributed by atoms with Crippen LogP contribution in [0.5, 0.6) is 0 Å². The first kappa shape index (κ1) is 31.7. The second-order valence-corrected chi connectivity index (χ2v) is 10.7. The van der Waals surface area contributed by atoms with Crippen molar-refractivity contribution in [1.29, 1.82) is 0 Å². The van der Waals surface area contributed by atoms with Crippen molar-refractivity contribution >= 4 is 11.8 Å². The molecule has 2 aromatic heterocycles. The first-order valence-electron chi connectivity index (χ1n) is 13.8. The van der Waals surface area contributed by atoms with E-state index in [9.17, 15) is 40.3 Å². The largest absolute Gasteiger partial charge is 0.366 e. The maximum Gasteiger partial charge on any atom is 0.282 e. The third-order valence-corrected chi connectivity index (χ3v) is 7.65. The molecule has 0 spiro atoms. The van der Waals surface area contributed by atoms with Crippen molar-refractivity contribution in [3.8, 4) is 11.1 Å². The Kier molecular flexibility index (Phi) is 9.21. The molecule has 14 heteroatoms. The summed E-state index contributed by atoms with van der Waals surface area (Å²) in [4.78, 5) is 29.5. The molecular formula is C31H26F7N5O2. The average Bonchev–Trinajstić information content (AvgIpc) is 3.68. The van der Waals surface area contributed by atoms with Crippen molar-refractivity contribution in [3.05, 3.63) is 106 Å². The van der Waals surface area contributed by atoms with Crippen molar-refractivity contribution in [2.45, 2.75) is 44.4 Å². The zero-order chi connectivity index (χ0) is 32.4. The fourth-order valence-corrected chi connectivity index (χ4v) is 5.52. The molecule has 0 saturated heterocycles. The van der Waals surface area contributed by atoms with Crippen molar-refractivity contribution in [3.63, 3.8) is 0 Å². The molecule has 236 valence electrons. The van der Waals surface area contributed by atoms with Crippen LogP contribution in [0.2, 0.25) is 0 Å². The zero-order valence-corrected chi connectivity index (χ0v) is 23.4. The molecule has 2 heterocycles. The molecule has 7 nitrogen and oxygen atoms in total. The Labute approximate surface area is 252 Å². The highest BCUT2D eigenvalue weighted by molar-refractivity contribution is 5.94. The molecule has 0 radical (unpaired) electrons. The molecule has 1 fully saturated rings. The van der Waals surface area contributed by atoms with E-state index in [4.69, 9.17) is 5.73 Å². The minimum absolute atomic E-state index is 0.108. The fourth-order valence-electron chi connectivity index (χ4n) is 5.52. The number of amides is 2. The van der Waals surface area contributed by atoms with E-state index >= 15 is 0 Å². The third kappa shape index (κ3) is 6.84. The number of benzene rings is 2. The molecule has 45 heavy (non-hydrogen) atoms. The molecule has 0 aliphatic heterocycles. The number of nitrogens with zero attached hydrogens (tertiary/aromatic N) is 3. The van der Waals surface area contributed by atoms with Crippen LogP contribution >= 0.6 is 0 Å². The summed E-state index contributed by atoms with van der Waals surface area (Å²) in [6, 6.07) is 8.25. The number of primary amides is 1. The average molecular weight is 634 g/mol. The fraction of sp³-hybridized carbons (Fsp3) is 0.290. The molecule has 2 aromatic carbocycles.